The van der Waals surface area contributed by atoms with E-state index >= 15 is 0 Å². The summed E-state index contributed by atoms with van der Waals surface area (Å²) in [7, 11) is 1.79. The van der Waals surface area contributed by atoms with Gasteiger partial charge in [0.15, 0.2) is 0 Å². The molecule has 1 aromatic heterocycles. The van der Waals surface area contributed by atoms with Crippen molar-refractivity contribution in [1.29, 1.82) is 0 Å². The number of hydrogen-bond acceptors (Lipinski definition) is 6. The Morgan fingerprint density at radius 3 is 2.74 bits per heavy atom. The minimum Gasteiger partial charge on any atom is -0.472 e. The highest BCUT2D eigenvalue weighted by atomic mass is 16.5. The van der Waals surface area contributed by atoms with Crippen LogP contribution in [0.4, 0.5) is 0 Å². The van der Waals surface area contributed by atoms with Crippen molar-refractivity contribution in [3.05, 3.63) is 23.4 Å². The zero-order valence-corrected chi connectivity index (χ0v) is 20.3. The van der Waals surface area contributed by atoms with Gasteiger partial charge in [0.05, 0.1) is 19.2 Å². The zero-order chi connectivity index (χ0) is 24.5. The smallest absolute Gasteiger partial charge is 0.259 e. The lowest BCUT2D eigenvalue weighted by Crippen LogP contribution is -2.50. The van der Waals surface area contributed by atoms with E-state index in [0.717, 1.165) is 25.7 Å². The van der Waals surface area contributed by atoms with Crippen molar-refractivity contribution < 1.29 is 24.5 Å². The lowest BCUT2D eigenvalue weighted by atomic mass is 9.99. The number of aliphatic hydroxyl groups excluding tert-OH is 1. The van der Waals surface area contributed by atoms with Crippen molar-refractivity contribution in [1.82, 2.24) is 14.8 Å². The molecule has 34 heavy (non-hydrogen) atoms. The van der Waals surface area contributed by atoms with Crippen LogP contribution in [0.1, 0.15) is 68.3 Å². The SMILES string of the molecule is C[C@@H]1CN([C@H](C)CO)C(=O)c2cc(C#CC3(O)CCCC3)cnc2O[C@@H]1CN(C)C(=O)C1CC1. The first kappa shape index (κ1) is 24.5. The van der Waals surface area contributed by atoms with E-state index in [1.54, 1.807) is 36.0 Å². The number of carbonyl (C=O) groups excluding carboxylic acids is 2. The fourth-order valence-corrected chi connectivity index (χ4v) is 4.66. The van der Waals surface area contributed by atoms with Crippen LogP contribution in [0, 0.1) is 23.7 Å². The number of nitrogens with zero attached hydrogens (tertiary/aromatic N) is 3. The van der Waals surface area contributed by atoms with Crippen LogP contribution in [-0.4, -0.2) is 81.3 Å². The summed E-state index contributed by atoms with van der Waals surface area (Å²) in [5.41, 5.74) is -0.182. The van der Waals surface area contributed by atoms with Crippen molar-refractivity contribution in [2.45, 2.75) is 70.1 Å². The Hall–Kier alpha value is -2.63. The molecule has 3 atom stereocenters. The maximum atomic E-state index is 13.5. The van der Waals surface area contributed by atoms with E-state index in [9.17, 15) is 19.8 Å². The first-order valence-corrected chi connectivity index (χ1v) is 12.3. The number of ether oxygens (including phenoxy) is 1. The summed E-state index contributed by atoms with van der Waals surface area (Å²) in [4.78, 5) is 33.8. The van der Waals surface area contributed by atoms with Gasteiger partial charge in [0.1, 0.15) is 17.3 Å². The monoisotopic (exact) mass is 469 g/mol. The largest absolute Gasteiger partial charge is 0.472 e. The number of amides is 2. The van der Waals surface area contributed by atoms with Crippen LogP contribution in [0.5, 0.6) is 5.88 Å². The topological polar surface area (TPSA) is 103 Å². The molecule has 8 nitrogen and oxygen atoms in total. The number of hydrogen-bond donors (Lipinski definition) is 2. The quantitative estimate of drug-likeness (QED) is 0.638. The summed E-state index contributed by atoms with van der Waals surface area (Å²) < 4.78 is 6.24. The van der Waals surface area contributed by atoms with Crippen LogP contribution >= 0.6 is 0 Å². The maximum Gasteiger partial charge on any atom is 0.259 e. The molecule has 0 saturated heterocycles. The van der Waals surface area contributed by atoms with E-state index in [4.69, 9.17) is 4.74 Å². The molecule has 2 aliphatic carbocycles. The second-order valence-corrected chi connectivity index (χ2v) is 10.2. The van der Waals surface area contributed by atoms with E-state index in [0.29, 0.717) is 31.5 Å². The minimum atomic E-state index is -0.985. The number of rotatable bonds is 5. The van der Waals surface area contributed by atoms with Gasteiger partial charge in [0.2, 0.25) is 11.8 Å². The number of carbonyl (C=O) groups is 2. The normalized spacial score (nSPS) is 24.7. The molecular weight excluding hydrogens is 434 g/mol. The first-order chi connectivity index (χ1) is 16.2. The molecule has 2 heterocycles. The molecule has 184 valence electrons. The summed E-state index contributed by atoms with van der Waals surface area (Å²) in [5.74, 6) is 6.02. The highest BCUT2D eigenvalue weighted by Gasteiger charge is 2.37. The average Bonchev–Trinajstić information content (AvgIpc) is 3.59. The second kappa shape index (κ2) is 9.93. The van der Waals surface area contributed by atoms with Gasteiger partial charge in [-0.15, -0.1) is 0 Å². The van der Waals surface area contributed by atoms with E-state index in [-0.39, 0.29) is 53.8 Å². The van der Waals surface area contributed by atoms with E-state index < -0.39 is 5.60 Å². The van der Waals surface area contributed by atoms with Crippen LogP contribution in [0.2, 0.25) is 0 Å². The van der Waals surface area contributed by atoms with Gasteiger partial charge in [-0.25, -0.2) is 4.98 Å². The Bertz CT molecular complexity index is 990. The van der Waals surface area contributed by atoms with Gasteiger partial charge in [-0.3, -0.25) is 9.59 Å². The van der Waals surface area contributed by atoms with Crippen LogP contribution < -0.4 is 4.74 Å². The molecule has 2 N–H and O–H groups in total. The molecule has 0 radical (unpaired) electrons. The van der Waals surface area contributed by atoms with Gasteiger partial charge in [0, 0.05) is 37.2 Å². The zero-order valence-electron chi connectivity index (χ0n) is 20.3. The molecule has 1 aliphatic heterocycles. The molecular formula is C26H35N3O5. The molecule has 4 rings (SSSR count). The Labute approximate surface area is 201 Å². The third-order valence-corrected chi connectivity index (χ3v) is 7.15. The molecule has 0 aromatic carbocycles. The predicted molar refractivity (Wildman–Crippen MR) is 126 cm³/mol. The van der Waals surface area contributed by atoms with Crippen LogP contribution in [-0.2, 0) is 4.79 Å². The number of aromatic nitrogens is 1. The number of aliphatic hydroxyl groups is 2. The van der Waals surface area contributed by atoms with Gasteiger partial charge >= 0.3 is 0 Å². The molecule has 0 spiro atoms. The standard InChI is InChI=1S/C26H35N3O5/c1-17-14-29(18(2)16-30)25(32)21-12-19(8-11-26(33)9-4-5-10-26)13-27-23(21)34-22(17)15-28(3)24(31)20-6-7-20/h12-13,17-18,20,22,30,33H,4-7,9-10,14-16H2,1-3H3/t17-,18-,22-/m1/s1. The Morgan fingerprint density at radius 2 is 2.09 bits per heavy atom. The molecule has 2 saturated carbocycles. The molecule has 0 unspecified atom stereocenters. The van der Waals surface area contributed by atoms with E-state index in [2.05, 4.69) is 16.8 Å². The molecule has 2 fully saturated rings. The molecule has 2 amide bonds. The highest BCUT2D eigenvalue weighted by molar-refractivity contribution is 5.97. The molecule has 3 aliphatic rings. The summed E-state index contributed by atoms with van der Waals surface area (Å²) >= 11 is 0. The average molecular weight is 470 g/mol. The van der Waals surface area contributed by atoms with Crippen molar-refractivity contribution in [3.63, 3.8) is 0 Å². The van der Waals surface area contributed by atoms with E-state index in [1.165, 1.54) is 0 Å². The number of pyridine rings is 1. The molecule has 1 aromatic rings. The molecule has 8 heteroatoms. The minimum absolute atomic E-state index is 0.0848. The number of fused-ring (bicyclic) bond motifs is 1. The summed E-state index contributed by atoms with van der Waals surface area (Å²) in [6, 6.07) is 1.26. The maximum absolute atomic E-state index is 13.5. The fraction of sp³-hybridized carbons (Fsp3) is 0.654. The highest BCUT2D eigenvalue weighted by Crippen LogP contribution is 2.32. The van der Waals surface area contributed by atoms with Crippen molar-refractivity contribution in [3.8, 4) is 17.7 Å². The van der Waals surface area contributed by atoms with Crippen molar-refractivity contribution in [2.24, 2.45) is 11.8 Å². The van der Waals surface area contributed by atoms with Gasteiger partial charge in [-0.05, 0) is 51.5 Å². The van der Waals surface area contributed by atoms with Crippen LogP contribution in [0.15, 0.2) is 12.3 Å². The number of likely N-dealkylation sites (N-methyl/N-ethyl adjacent to an activating group) is 1. The summed E-state index contributed by atoms with van der Waals surface area (Å²) in [6.45, 7) is 4.39. The fourth-order valence-electron chi connectivity index (χ4n) is 4.66. The Morgan fingerprint density at radius 1 is 1.38 bits per heavy atom. The van der Waals surface area contributed by atoms with Crippen LogP contribution in [0.25, 0.3) is 0 Å². The predicted octanol–water partition coefficient (Wildman–Crippen LogP) is 1.83. The lowest BCUT2D eigenvalue weighted by molar-refractivity contribution is -0.132. The third-order valence-electron chi connectivity index (χ3n) is 7.15. The second-order valence-electron chi connectivity index (χ2n) is 10.2. The van der Waals surface area contributed by atoms with Gasteiger partial charge in [-0.2, -0.15) is 0 Å². The van der Waals surface area contributed by atoms with Crippen molar-refractivity contribution >= 4 is 11.8 Å². The molecule has 0 bridgehead atoms. The summed E-state index contributed by atoms with van der Waals surface area (Å²) in [6.07, 6.45) is 6.25. The van der Waals surface area contributed by atoms with Gasteiger partial charge in [-0.1, -0.05) is 18.8 Å². The van der Waals surface area contributed by atoms with Crippen LogP contribution in [0.3, 0.4) is 0 Å². The van der Waals surface area contributed by atoms with Crippen molar-refractivity contribution in [2.75, 3.05) is 26.7 Å². The first-order valence-electron chi connectivity index (χ1n) is 12.3. The lowest BCUT2D eigenvalue weighted by Gasteiger charge is -2.37. The van der Waals surface area contributed by atoms with E-state index in [1.807, 2.05) is 6.92 Å². The Balaban J connectivity index is 1.64. The van der Waals surface area contributed by atoms with Gasteiger partial charge in [0.25, 0.3) is 5.91 Å². The Kier molecular flexibility index (Phi) is 7.15. The van der Waals surface area contributed by atoms with Gasteiger partial charge < -0.3 is 24.7 Å². The third kappa shape index (κ3) is 5.37. The summed E-state index contributed by atoms with van der Waals surface area (Å²) in [5, 5.41) is 20.4.